The van der Waals surface area contributed by atoms with Crippen molar-refractivity contribution in [2.45, 2.75) is 26.4 Å². The smallest absolute Gasteiger partial charge is 0.104 e. The van der Waals surface area contributed by atoms with Crippen LogP contribution in [0.25, 0.3) is 0 Å². The molecule has 0 fully saturated rings. The molecule has 2 heteroatoms. The number of aryl methyl sites for hydroxylation is 2. The van der Waals surface area contributed by atoms with Gasteiger partial charge in [0.15, 0.2) is 0 Å². The van der Waals surface area contributed by atoms with Gasteiger partial charge in [-0.05, 0) is 41.7 Å². The molecule has 0 radical (unpaired) electrons. The lowest BCUT2D eigenvalue weighted by atomic mass is 9.98. The molecule has 0 heterocycles. The van der Waals surface area contributed by atoms with E-state index in [2.05, 4.69) is 13.0 Å². The quantitative estimate of drug-likeness (QED) is 0.873. The van der Waals surface area contributed by atoms with Crippen LogP contribution in [0.2, 0.25) is 5.02 Å². The number of aliphatic hydroxyl groups excluding tert-OH is 1. The minimum absolute atomic E-state index is 0.616. The normalized spacial score (nSPS) is 12.4. The summed E-state index contributed by atoms with van der Waals surface area (Å²) in [5, 5.41) is 11.1. The van der Waals surface area contributed by atoms with E-state index in [1.54, 1.807) is 0 Å². The molecule has 0 aliphatic carbocycles. The Balaban J connectivity index is 2.34. The average Bonchev–Trinajstić information content (AvgIpc) is 2.41. The molecule has 0 aromatic heterocycles. The Morgan fingerprint density at radius 1 is 1.11 bits per heavy atom. The molecule has 94 valence electrons. The summed E-state index contributed by atoms with van der Waals surface area (Å²) in [6.07, 6.45) is 0.351. The van der Waals surface area contributed by atoms with Gasteiger partial charge in [0.2, 0.25) is 0 Å². The third kappa shape index (κ3) is 2.74. The molecular formula is C16H17ClO. The molecular weight excluding hydrogens is 244 g/mol. The summed E-state index contributed by atoms with van der Waals surface area (Å²) in [5.74, 6) is 0. The second-order valence-corrected chi connectivity index (χ2v) is 4.92. The number of rotatable bonds is 3. The number of aliphatic hydroxyl groups is 1. The van der Waals surface area contributed by atoms with Crippen LogP contribution < -0.4 is 0 Å². The van der Waals surface area contributed by atoms with Crippen molar-refractivity contribution in [1.82, 2.24) is 0 Å². The standard InChI is InChI=1S/C16H17ClO/c1-3-12-5-4-6-13(9-12)16(18)14-8-7-11(2)15(17)10-14/h4-10,16,18H,3H2,1-2H3. The molecule has 1 N–H and O–H groups in total. The van der Waals surface area contributed by atoms with E-state index in [1.165, 1.54) is 5.56 Å². The third-order valence-electron chi connectivity index (χ3n) is 3.19. The summed E-state index contributed by atoms with van der Waals surface area (Å²) < 4.78 is 0. The van der Waals surface area contributed by atoms with Crippen LogP contribution in [-0.2, 0) is 6.42 Å². The fourth-order valence-corrected chi connectivity index (χ4v) is 2.14. The highest BCUT2D eigenvalue weighted by atomic mass is 35.5. The van der Waals surface area contributed by atoms with E-state index >= 15 is 0 Å². The zero-order valence-corrected chi connectivity index (χ0v) is 11.4. The van der Waals surface area contributed by atoms with Gasteiger partial charge in [0.05, 0.1) is 0 Å². The van der Waals surface area contributed by atoms with Gasteiger partial charge in [-0.1, -0.05) is 54.9 Å². The van der Waals surface area contributed by atoms with Crippen LogP contribution in [-0.4, -0.2) is 5.11 Å². The first-order valence-corrected chi connectivity index (χ1v) is 6.52. The van der Waals surface area contributed by atoms with Gasteiger partial charge in [0.25, 0.3) is 0 Å². The van der Waals surface area contributed by atoms with Crippen molar-refractivity contribution < 1.29 is 5.11 Å². The average molecular weight is 261 g/mol. The van der Waals surface area contributed by atoms with E-state index in [9.17, 15) is 5.11 Å². The Hall–Kier alpha value is -1.31. The number of hydrogen-bond donors (Lipinski definition) is 1. The zero-order chi connectivity index (χ0) is 13.1. The van der Waals surface area contributed by atoms with Gasteiger partial charge >= 0.3 is 0 Å². The van der Waals surface area contributed by atoms with Crippen molar-refractivity contribution in [3.8, 4) is 0 Å². The first-order chi connectivity index (χ1) is 8.61. The van der Waals surface area contributed by atoms with Gasteiger partial charge in [0.1, 0.15) is 6.10 Å². The summed E-state index contributed by atoms with van der Waals surface area (Å²) in [6, 6.07) is 13.7. The highest BCUT2D eigenvalue weighted by Gasteiger charge is 2.11. The van der Waals surface area contributed by atoms with Crippen molar-refractivity contribution in [2.24, 2.45) is 0 Å². The second kappa shape index (κ2) is 5.55. The molecule has 0 spiro atoms. The van der Waals surface area contributed by atoms with E-state index in [0.29, 0.717) is 5.02 Å². The monoisotopic (exact) mass is 260 g/mol. The molecule has 1 atom stereocenters. The lowest BCUT2D eigenvalue weighted by Gasteiger charge is -2.13. The highest BCUT2D eigenvalue weighted by molar-refractivity contribution is 6.31. The summed E-state index contributed by atoms with van der Waals surface area (Å²) in [7, 11) is 0. The first-order valence-electron chi connectivity index (χ1n) is 6.14. The van der Waals surface area contributed by atoms with E-state index in [0.717, 1.165) is 23.1 Å². The maximum Gasteiger partial charge on any atom is 0.104 e. The van der Waals surface area contributed by atoms with Gasteiger partial charge in [-0.3, -0.25) is 0 Å². The van der Waals surface area contributed by atoms with Gasteiger partial charge in [-0.25, -0.2) is 0 Å². The van der Waals surface area contributed by atoms with Crippen LogP contribution >= 0.6 is 11.6 Å². The predicted molar refractivity (Wildman–Crippen MR) is 76.1 cm³/mol. The number of hydrogen-bond acceptors (Lipinski definition) is 1. The second-order valence-electron chi connectivity index (χ2n) is 4.51. The Morgan fingerprint density at radius 2 is 1.83 bits per heavy atom. The fraction of sp³-hybridized carbons (Fsp3) is 0.250. The number of benzene rings is 2. The molecule has 0 amide bonds. The van der Waals surface area contributed by atoms with Crippen LogP contribution in [0.4, 0.5) is 0 Å². The molecule has 2 aromatic carbocycles. The van der Waals surface area contributed by atoms with Crippen LogP contribution in [0, 0.1) is 6.92 Å². The third-order valence-corrected chi connectivity index (χ3v) is 3.59. The maximum absolute atomic E-state index is 10.4. The molecule has 0 aliphatic rings. The van der Waals surface area contributed by atoms with Crippen LogP contribution in [0.15, 0.2) is 42.5 Å². The Bertz CT molecular complexity index is 549. The van der Waals surface area contributed by atoms with Gasteiger partial charge in [0, 0.05) is 5.02 Å². The van der Waals surface area contributed by atoms with Gasteiger partial charge in [-0.2, -0.15) is 0 Å². The first kappa shape index (κ1) is 13.1. The van der Waals surface area contributed by atoms with E-state index in [-0.39, 0.29) is 0 Å². The Morgan fingerprint density at radius 3 is 2.50 bits per heavy atom. The molecule has 2 rings (SSSR count). The van der Waals surface area contributed by atoms with E-state index in [4.69, 9.17) is 11.6 Å². The predicted octanol–water partition coefficient (Wildman–Crippen LogP) is 4.29. The lowest BCUT2D eigenvalue weighted by molar-refractivity contribution is 0.220. The molecule has 0 saturated heterocycles. The number of halogens is 1. The summed E-state index contributed by atoms with van der Waals surface area (Å²) in [6.45, 7) is 4.06. The minimum atomic E-state index is -0.616. The molecule has 1 nitrogen and oxygen atoms in total. The van der Waals surface area contributed by atoms with Crippen LogP contribution in [0.5, 0.6) is 0 Å². The van der Waals surface area contributed by atoms with Crippen molar-refractivity contribution >= 4 is 11.6 Å². The van der Waals surface area contributed by atoms with Crippen molar-refractivity contribution in [1.29, 1.82) is 0 Å². The molecule has 0 aliphatic heterocycles. The topological polar surface area (TPSA) is 20.2 Å². The molecule has 1 unspecified atom stereocenters. The zero-order valence-electron chi connectivity index (χ0n) is 10.7. The van der Waals surface area contributed by atoms with Crippen LogP contribution in [0.3, 0.4) is 0 Å². The highest BCUT2D eigenvalue weighted by Crippen LogP contribution is 2.26. The Kier molecular flexibility index (Phi) is 4.05. The summed E-state index contributed by atoms with van der Waals surface area (Å²) in [5.41, 5.74) is 3.99. The molecule has 2 aromatic rings. The molecule has 18 heavy (non-hydrogen) atoms. The summed E-state index contributed by atoms with van der Waals surface area (Å²) >= 11 is 6.09. The van der Waals surface area contributed by atoms with Crippen molar-refractivity contribution in [3.05, 3.63) is 69.7 Å². The SMILES string of the molecule is CCc1cccc(C(O)c2ccc(C)c(Cl)c2)c1. The minimum Gasteiger partial charge on any atom is -0.384 e. The molecule has 0 saturated carbocycles. The van der Waals surface area contributed by atoms with Gasteiger partial charge < -0.3 is 5.11 Å². The lowest BCUT2D eigenvalue weighted by Crippen LogP contribution is -2.00. The Labute approximate surface area is 113 Å². The van der Waals surface area contributed by atoms with E-state index in [1.807, 2.05) is 43.3 Å². The van der Waals surface area contributed by atoms with Crippen molar-refractivity contribution in [3.63, 3.8) is 0 Å². The fourth-order valence-electron chi connectivity index (χ4n) is 1.95. The summed E-state index contributed by atoms with van der Waals surface area (Å²) in [4.78, 5) is 0. The maximum atomic E-state index is 10.4. The van der Waals surface area contributed by atoms with Gasteiger partial charge in [-0.15, -0.1) is 0 Å². The van der Waals surface area contributed by atoms with E-state index < -0.39 is 6.10 Å². The van der Waals surface area contributed by atoms with Crippen LogP contribution in [0.1, 0.15) is 35.3 Å². The largest absolute Gasteiger partial charge is 0.384 e. The van der Waals surface area contributed by atoms with Crippen molar-refractivity contribution in [2.75, 3.05) is 0 Å². The molecule has 0 bridgehead atoms.